The molecule has 0 saturated heterocycles. The van der Waals surface area contributed by atoms with E-state index in [0.29, 0.717) is 5.56 Å². The number of benzene rings is 1. The third-order valence-electron chi connectivity index (χ3n) is 1.61. The average Bonchev–Trinajstić information content (AvgIpc) is 2.02. The van der Waals surface area contributed by atoms with Gasteiger partial charge in [-0.05, 0) is 18.6 Å². The summed E-state index contributed by atoms with van der Waals surface area (Å²) in [4.78, 5) is 10.3. The summed E-state index contributed by atoms with van der Waals surface area (Å²) in [7, 11) is -3.88. The average molecular weight is 213 g/mol. The van der Waals surface area contributed by atoms with Crippen LogP contribution < -0.4 is 10.5 Å². The summed E-state index contributed by atoms with van der Waals surface area (Å²) < 4.78 is 24.4. The normalized spacial score (nSPS) is 10.9. The van der Waals surface area contributed by atoms with Crippen LogP contribution in [-0.4, -0.2) is 14.4 Å². The SMILES string of the molecule is Cc1ccccc1S(=O)(=O)NC([NH])=O. The summed E-state index contributed by atoms with van der Waals surface area (Å²) in [5.41, 5.74) is 7.05. The van der Waals surface area contributed by atoms with E-state index in [1.54, 1.807) is 29.8 Å². The van der Waals surface area contributed by atoms with Crippen LogP contribution in [0.15, 0.2) is 29.2 Å². The van der Waals surface area contributed by atoms with Crippen LogP contribution in [0.25, 0.3) is 0 Å². The second kappa shape index (κ2) is 3.67. The Kier molecular flexibility index (Phi) is 2.76. The molecule has 14 heavy (non-hydrogen) atoms. The molecular weight excluding hydrogens is 204 g/mol. The number of sulfonamides is 1. The molecule has 0 aromatic heterocycles. The monoisotopic (exact) mass is 213 g/mol. The number of amides is 2. The summed E-state index contributed by atoms with van der Waals surface area (Å²) in [5.74, 6) is 0. The van der Waals surface area contributed by atoms with Crippen LogP contribution in [0, 0.1) is 6.92 Å². The van der Waals surface area contributed by atoms with Crippen LogP contribution in [0.3, 0.4) is 0 Å². The lowest BCUT2D eigenvalue weighted by atomic mass is 10.2. The molecule has 5 nitrogen and oxygen atoms in total. The van der Waals surface area contributed by atoms with Gasteiger partial charge in [0.05, 0.1) is 4.90 Å². The van der Waals surface area contributed by atoms with E-state index < -0.39 is 16.1 Å². The predicted molar refractivity (Wildman–Crippen MR) is 50.0 cm³/mol. The molecule has 0 bridgehead atoms. The number of urea groups is 1. The van der Waals surface area contributed by atoms with E-state index >= 15 is 0 Å². The summed E-state index contributed by atoms with van der Waals surface area (Å²) in [6.07, 6.45) is 0. The Morgan fingerprint density at radius 1 is 1.36 bits per heavy atom. The molecule has 0 unspecified atom stereocenters. The van der Waals surface area contributed by atoms with Crippen molar-refractivity contribution in [2.75, 3.05) is 0 Å². The van der Waals surface area contributed by atoms with Crippen LogP contribution in [0.4, 0.5) is 4.79 Å². The molecule has 1 radical (unpaired) electrons. The second-order valence-corrected chi connectivity index (χ2v) is 4.35. The lowest BCUT2D eigenvalue weighted by molar-refractivity contribution is 0.252. The Hall–Kier alpha value is -1.56. The topological polar surface area (TPSA) is 87.0 Å². The van der Waals surface area contributed by atoms with Crippen molar-refractivity contribution in [3.63, 3.8) is 0 Å². The first kappa shape index (κ1) is 10.5. The van der Waals surface area contributed by atoms with Crippen molar-refractivity contribution in [2.45, 2.75) is 11.8 Å². The summed E-state index contributed by atoms with van der Waals surface area (Å²) in [6, 6.07) is 4.89. The Bertz CT molecular complexity index is 453. The van der Waals surface area contributed by atoms with Gasteiger partial charge in [-0.2, -0.15) is 0 Å². The zero-order valence-electron chi connectivity index (χ0n) is 7.44. The minimum atomic E-state index is -3.88. The molecule has 0 aliphatic carbocycles. The molecule has 1 aromatic carbocycles. The number of carbonyl (C=O) groups is 1. The lowest BCUT2D eigenvalue weighted by Crippen LogP contribution is -2.30. The molecular formula is C8H9N2O3S. The highest BCUT2D eigenvalue weighted by atomic mass is 32.2. The van der Waals surface area contributed by atoms with E-state index in [1.165, 1.54) is 6.07 Å². The van der Waals surface area contributed by atoms with Crippen molar-refractivity contribution in [3.8, 4) is 0 Å². The molecule has 0 atom stereocenters. The number of nitrogens with one attached hydrogen (secondary N) is 2. The van der Waals surface area contributed by atoms with E-state index in [2.05, 4.69) is 0 Å². The first-order valence-corrected chi connectivity index (χ1v) is 5.26. The molecule has 0 saturated carbocycles. The maximum Gasteiger partial charge on any atom is 0.347 e. The molecule has 2 N–H and O–H groups in total. The summed E-state index contributed by atoms with van der Waals surface area (Å²) in [5, 5.41) is 0. The largest absolute Gasteiger partial charge is 0.347 e. The van der Waals surface area contributed by atoms with Crippen molar-refractivity contribution in [2.24, 2.45) is 0 Å². The Labute approximate surface area is 82.0 Å². The summed E-state index contributed by atoms with van der Waals surface area (Å²) >= 11 is 0. The van der Waals surface area contributed by atoms with Gasteiger partial charge >= 0.3 is 6.03 Å². The highest BCUT2D eigenvalue weighted by molar-refractivity contribution is 7.90. The van der Waals surface area contributed by atoms with E-state index in [0.717, 1.165) is 0 Å². The molecule has 75 valence electrons. The van der Waals surface area contributed by atoms with Crippen LogP contribution >= 0.6 is 0 Å². The second-order valence-electron chi connectivity index (χ2n) is 2.70. The van der Waals surface area contributed by atoms with Crippen molar-refractivity contribution in [1.82, 2.24) is 10.5 Å². The molecule has 1 aromatic rings. The Morgan fingerprint density at radius 2 is 1.93 bits per heavy atom. The maximum atomic E-state index is 11.4. The zero-order chi connectivity index (χ0) is 10.8. The van der Waals surface area contributed by atoms with Crippen LogP contribution in [0.5, 0.6) is 0 Å². The molecule has 0 aliphatic rings. The van der Waals surface area contributed by atoms with Gasteiger partial charge in [-0.3, -0.25) is 0 Å². The van der Waals surface area contributed by atoms with Gasteiger partial charge in [0.2, 0.25) is 0 Å². The predicted octanol–water partition coefficient (Wildman–Crippen LogP) is 0.676. The molecule has 0 heterocycles. The van der Waals surface area contributed by atoms with Gasteiger partial charge in [0.25, 0.3) is 10.0 Å². The van der Waals surface area contributed by atoms with Gasteiger partial charge in [0.1, 0.15) is 0 Å². The summed E-state index contributed by atoms with van der Waals surface area (Å²) in [6.45, 7) is 1.61. The van der Waals surface area contributed by atoms with Gasteiger partial charge in [0.15, 0.2) is 0 Å². The van der Waals surface area contributed by atoms with E-state index in [4.69, 9.17) is 5.73 Å². The number of aryl methyl sites for hydroxylation is 1. The van der Waals surface area contributed by atoms with Crippen molar-refractivity contribution in [1.29, 1.82) is 0 Å². The smallest absolute Gasteiger partial charge is 0.247 e. The molecule has 6 heteroatoms. The van der Waals surface area contributed by atoms with Crippen LogP contribution in [-0.2, 0) is 10.0 Å². The quantitative estimate of drug-likeness (QED) is 0.783. The Morgan fingerprint density at radius 3 is 2.43 bits per heavy atom. The van der Waals surface area contributed by atoms with E-state index in [-0.39, 0.29) is 4.90 Å². The van der Waals surface area contributed by atoms with Crippen LogP contribution in [0.2, 0.25) is 0 Å². The van der Waals surface area contributed by atoms with Crippen molar-refractivity contribution < 1.29 is 13.2 Å². The van der Waals surface area contributed by atoms with Gasteiger partial charge in [0, 0.05) is 0 Å². The first-order valence-electron chi connectivity index (χ1n) is 3.77. The molecule has 2 amide bonds. The van der Waals surface area contributed by atoms with Crippen molar-refractivity contribution in [3.05, 3.63) is 29.8 Å². The maximum absolute atomic E-state index is 11.4. The zero-order valence-corrected chi connectivity index (χ0v) is 8.26. The highest BCUT2D eigenvalue weighted by Crippen LogP contribution is 2.13. The van der Waals surface area contributed by atoms with E-state index in [9.17, 15) is 13.2 Å². The van der Waals surface area contributed by atoms with Gasteiger partial charge in [-0.1, -0.05) is 18.2 Å². The van der Waals surface area contributed by atoms with Crippen LogP contribution in [0.1, 0.15) is 5.56 Å². The van der Waals surface area contributed by atoms with Crippen molar-refractivity contribution >= 4 is 16.1 Å². The minimum Gasteiger partial charge on any atom is -0.247 e. The molecule has 0 fully saturated rings. The lowest BCUT2D eigenvalue weighted by Gasteiger charge is -2.05. The highest BCUT2D eigenvalue weighted by Gasteiger charge is 2.17. The van der Waals surface area contributed by atoms with Gasteiger partial charge in [-0.25, -0.2) is 23.7 Å². The molecule has 1 rings (SSSR count). The molecule has 0 spiro atoms. The Balaban J connectivity index is 3.17. The van der Waals surface area contributed by atoms with Gasteiger partial charge < -0.3 is 0 Å². The fourth-order valence-corrected chi connectivity index (χ4v) is 2.14. The first-order chi connectivity index (χ1) is 6.43. The number of hydrogen-bond donors (Lipinski definition) is 1. The third-order valence-corrected chi connectivity index (χ3v) is 3.10. The third kappa shape index (κ3) is 2.23. The molecule has 0 aliphatic heterocycles. The van der Waals surface area contributed by atoms with Gasteiger partial charge in [-0.15, -0.1) is 0 Å². The number of carbonyl (C=O) groups excluding carboxylic acids is 1. The van der Waals surface area contributed by atoms with E-state index in [1.807, 2.05) is 0 Å². The fraction of sp³-hybridized carbons (Fsp3) is 0.125. The number of hydrogen-bond acceptors (Lipinski definition) is 3. The fourth-order valence-electron chi connectivity index (χ4n) is 1.03. The minimum absolute atomic E-state index is 0.0144. The number of rotatable bonds is 2. The standard InChI is InChI=1S/C8H9N2O3S/c1-6-4-2-3-5-7(6)14(12,13)10-8(9)11/h2-5,9H,1H3,(H,10,11).